The normalized spacial score (nSPS) is 10.3. The van der Waals surface area contributed by atoms with Crippen molar-refractivity contribution < 1.29 is 9.53 Å². The quantitative estimate of drug-likeness (QED) is 0.737. The number of nitrogens with one attached hydrogen (secondary N) is 1. The van der Waals surface area contributed by atoms with Crippen LogP contribution in [0.2, 0.25) is 0 Å². The fraction of sp³-hybridized carbons (Fsp3) is 0.158. The molecule has 0 radical (unpaired) electrons. The van der Waals surface area contributed by atoms with Crippen molar-refractivity contribution in [3.05, 3.63) is 58.8 Å². The summed E-state index contributed by atoms with van der Waals surface area (Å²) in [5, 5.41) is 21.4. The molecule has 0 bridgehead atoms. The van der Waals surface area contributed by atoms with Crippen LogP contribution in [0.25, 0.3) is 10.9 Å². The van der Waals surface area contributed by atoms with Gasteiger partial charge in [-0.2, -0.15) is 5.26 Å². The number of esters is 1. The maximum absolute atomic E-state index is 11.9. The van der Waals surface area contributed by atoms with Crippen LogP contribution in [-0.2, 0) is 4.74 Å². The molecular weight excluding hydrogens is 316 g/mol. The molecule has 0 atom stereocenters. The van der Waals surface area contributed by atoms with E-state index in [1.807, 2.05) is 44.2 Å². The van der Waals surface area contributed by atoms with E-state index >= 15 is 0 Å². The van der Waals surface area contributed by atoms with Crippen LogP contribution in [0.4, 0.5) is 11.4 Å². The Labute approximate surface area is 145 Å². The first-order valence-electron chi connectivity index (χ1n) is 7.66. The number of aryl methyl sites for hydroxylation is 2. The summed E-state index contributed by atoms with van der Waals surface area (Å²) in [5.74, 6) is -0.407. The largest absolute Gasteiger partial charge is 0.465 e. The third-order valence-electron chi connectivity index (χ3n) is 3.93. The molecule has 3 aromatic rings. The van der Waals surface area contributed by atoms with Crippen molar-refractivity contribution in [3.63, 3.8) is 0 Å². The number of nitrogens with zero attached hydrogens (tertiary/aromatic N) is 3. The van der Waals surface area contributed by atoms with E-state index in [4.69, 9.17) is 4.74 Å². The summed E-state index contributed by atoms with van der Waals surface area (Å²) in [6, 6.07) is 13.2. The SMILES string of the molecule is COC(=O)c1cc(Nc2c(C#N)nnc3ccc(C)cc23)ccc1C. The Hall–Kier alpha value is -3.46. The number of ether oxygens (including phenoxy) is 1. The van der Waals surface area contributed by atoms with E-state index in [1.165, 1.54) is 7.11 Å². The summed E-state index contributed by atoms with van der Waals surface area (Å²) in [6.45, 7) is 3.81. The Balaban J connectivity index is 2.13. The lowest BCUT2D eigenvalue weighted by atomic mass is 10.1. The number of benzene rings is 2. The number of aromatic nitrogens is 2. The molecule has 2 aromatic carbocycles. The zero-order valence-electron chi connectivity index (χ0n) is 14.1. The molecule has 3 rings (SSSR count). The van der Waals surface area contributed by atoms with Gasteiger partial charge in [-0.25, -0.2) is 4.79 Å². The average molecular weight is 332 g/mol. The van der Waals surface area contributed by atoms with E-state index in [1.54, 1.807) is 6.07 Å². The third-order valence-corrected chi connectivity index (χ3v) is 3.93. The highest BCUT2D eigenvalue weighted by molar-refractivity contribution is 5.96. The minimum Gasteiger partial charge on any atom is -0.465 e. The van der Waals surface area contributed by atoms with Gasteiger partial charge in [0.15, 0.2) is 5.69 Å². The van der Waals surface area contributed by atoms with E-state index < -0.39 is 5.97 Å². The van der Waals surface area contributed by atoms with Gasteiger partial charge < -0.3 is 10.1 Å². The lowest BCUT2D eigenvalue weighted by Gasteiger charge is -2.13. The Morgan fingerprint density at radius 1 is 1.16 bits per heavy atom. The van der Waals surface area contributed by atoms with Crippen LogP contribution in [0.5, 0.6) is 0 Å². The van der Waals surface area contributed by atoms with Crippen LogP contribution in [0.1, 0.15) is 27.2 Å². The van der Waals surface area contributed by atoms with Crippen LogP contribution in [-0.4, -0.2) is 23.3 Å². The molecular formula is C19H16N4O2. The van der Waals surface area contributed by atoms with E-state index in [2.05, 4.69) is 21.6 Å². The van der Waals surface area contributed by atoms with Gasteiger partial charge in [-0.05, 0) is 43.7 Å². The van der Waals surface area contributed by atoms with Crippen molar-refractivity contribution in [2.75, 3.05) is 12.4 Å². The van der Waals surface area contributed by atoms with E-state index in [9.17, 15) is 10.1 Å². The molecule has 0 saturated carbocycles. The van der Waals surface area contributed by atoms with E-state index in [0.29, 0.717) is 22.5 Å². The minimum absolute atomic E-state index is 0.193. The first-order chi connectivity index (χ1) is 12.0. The molecule has 1 aromatic heterocycles. The molecule has 0 aliphatic rings. The summed E-state index contributed by atoms with van der Waals surface area (Å²) in [6.07, 6.45) is 0. The number of carbonyl (C=O) groups excluding carboxylic acids is 1. The van der Waals surface area contributed by atoms with Gasteiger partial charge >= 0.3 is 5.97 Å². The van der Waals surface area contributed by atoms with Crippen molar-refractivity contribution in [2.45, 2.75) is 13.8 Å². The molecule has 0 aliphatic heterocycles. The van der Waals surface area contributed by atoms with Crippen molar-refractivity contribution in [2.24, 2.45) is 0 Å². The highest BCUT2D eigenvalue weighted by Crippen LogP contribution is 2.29. The van der Waals surface area contributed by atoms with Gasteiger partial charge in [0.1, 0.15) is 6.07 Å². The fourth-order valence-electron chi connectivity index (χ4n) is 2.60. The number of hydrogen-bond donors (Lipinski definition) is 1. The van der Waals surface area contributed by atoms with Crippen molar-refractivity contribution in [1.82, 2.24) is 10.2 Å². The summed E-state index contributed by atoms with van der Waals surface area (Å²) in [7, 11) is 1.35. The maximum Gasteiger partial charge on any atom is 0.338 e. The number of hydrogen-bond acceptors (Lipinski definition) is 6. The number of methoxy groups -OCH3 is 1. The lowest BCUT2D eigenvalue weighted by molar-refractivity contribution is 0.0600. The number of carbonyl (C=O) groups is 1. The molecule has 0 saturated heterocycles. The Morgan fingerprint density at radius 3 is 2.68 bits per heavy atom. The molecule has 6 nitrogen and oxygen atoms in total. The molecule has 6 heteroatoms. The summed E-state index contributed by atoms with van der Waals surface area (Å²) in [4.78, 5) is 11.9. The molecule has 0 aliphatic carbocycles. The van der Waals surface area contributed by atoms with Crippen LogP contribution in [0, 0.1) is 25.2 Å². The molecule has 0 spiro atoms. The van der Waals surface area contributed by atoms with Crippen LogP contribution in [0.15, 0.2) is 36.4 Å². The lowest BCUT2D eigenvalue weighted by Crippen LogP contribution is -2.05. The van der Waals surface area contributed by atoms with E-state index in [-0.39, 0.29) is 5.69 Å². The first kappa shape index (κ1) is 16.4. The van der Waals surface area contributed by atoms with Gasteiger partial charge in [0.2, 0.25) is 0 Å². The van der Waals surface area contributed by atoms with Gasteiger partial charge in [-0.3, -0.25) is 0 Å². The van der Waals surface area contributed by atoms with Crippen molar-refractivity contribution >= 4 is 28.2 Å². The number of nitriles is 1. The fourth-order valence-corrected chi connectivity index (χ4v) is 2.60. The Morgan fingerprint density at radius 2 is 1.96 bits per heavy atom. The Bertz CT molecular complexity index is 1020. The van der Waals surface area contributed by atoms with Crippen molar-refractivity contribution in [1.29, 1.82) is 5.26 Å². The van der Waals surface area contributed by atoms with E-state index in [0.717, 1.165) is 16.5 Å². The molecule has 1 N–H and O–H groups in total. The first-order valence-corrected chi connectivity index (χ1v) is 7.66. The van der Waals surface area contributed by atoms with Crippen molar-refractivity contribution in [3.8, 4) is 6.07 Å². The van der Waals surface area contributed by atoms with Gasteiger partial charge in [0, 0.05) is 11.1 Å². The van der Waals surface area contributed by atoms with Gasteiger partial charge in [-0.1, -0.05) is 17.7 Å². The second-order valence-corrected chi connectivity index (χ2v) is 5.70. The topological polar surface area (TPSA) is 87.9 Å². The summed E-state index contributed by atoms with van der Waals surface area (Å²) < 4.78 is 4.81. The maximum atomic E-state index is 11.9. The monoisotopic (exact) mass is 332 g/mol. The number of fused-ring (bicyclic) bond motifs is 1. The standard InChI is InChI=1S/C19H16N4O2/c1-11-4-7-16-15(8-11)18(17(10-20)23-22-16)21-13-6-5-12(2)14(9-13)19(24)25-3/h4-9H,1-3H3,(H,21,22). The smallest absolute Gasteiger partial charge is 0.338 e. The molecule has 0 unspecified atom stereocenters. The molecule has 1 heterocycles. The molecule has 124 valence electrons. The molecule has 0 amide bonds. The minimum atomic E-state index is -0.407. The molecule has 25 heavy (non-hydrogen) atoms. The van der Waals surface area contributed by atoms with Gasteiger partial charge in [0.25, 0.3) is 0 Å². The van der Waals surface area contributed by atoms with Gasteiger partial charge in [0.05, 0.1) is 23.9 Å². The second-order valence-electron chi connectivity index (χ2n) is 5.70. The Kier molecular flexibility index (Phi) is 4.31. The second kappa shape index (κ2) is 6.57. The van der Waals surface area contributed by atoms with Crippen LogP contribution >= 0.6 is 0 Å². The molecule has 0 fully saturated rings. The highest BCUT2D eigenvalue weighted by atomic mass is 16.5. The van der Waals surface area contributed by atoms with Gasteiger partial charge in [-0.15, -0.1) is 10.2 Å². The zero-order chi connectivity index (χ0) is 18.0. The summed E-state index contributed by atoms with van der Waals surface area (Å²) >= 11 is 0. The number of anilines is 2. The third kappa shape index (κ3) is 3.12. The summed E-state index contributed by atoms with van der Waals surface area (Å²) in [5.41, 5.74) is 4.44. The predicted molar refractivity (Wildman–Crippen MR) is 94.8 cm³/mol. The predicted octanol–water partition coefficient (Wildman–Crippen LogP) is 3.65. The average Bonchev–Trinajstić information content (AvgIpc) is 2.63. The number of rotatable bonds is 3. The van der Waals surface area contributed by atoms with Crippen LogP contribution in [0.3, 0.4) is 0 Å². The van der Waals surface area contributed by atoms with Crippen LogP contribution < -0.4 is 5.32 Å². The highest BCUT2D eigenvalue weighted by Gasteiger charge is 2.14. The zero-order valence-corrected chi connectivity index (χ0v) is 14.1.